The number of amides is 1. The van der Waals surface area contributed by atoms with Crippen LogP contribution in [0.25, 0.3) is 0 Å². The summed E-state index contributed by atoms with van der Waals surface area (Å²) in [5, 5.41) is 17.6. The minimum atomic E-state index is -0.878. The molecule has 0 aliphatic rings. The van der Waals surface area contributed by atoms with Gasteiger partial charge < -0.3 is 21.1 Å². The molecule has 0 fully saturated rings. The van der Waals surface area contributed by atoms with Crippen molar-refractivity contribution in [3.63, 3.8) is 0 Å². The molecule has 0 saturated carbocycles. The number of alkyl carbamates (subject to hydrolysis) is 1. The first-order valence-electron chi connectivity index (χ1n) is 6.97. The Bertz CT molecular complexity index is 595. The Morgan fingerprint density at radius 1 is 1.43 bits per heavy atom. The fraction of sp³-hybridized carbons (Fsp3) is 0.429. The maximum absolute atomic E-state index is 11.5. The van der Waals surface area contributed by atoms with Crippen LogP contribution in [0.1, 0.15) is 26.3 Å². The Morgan fingerprint density at radius 2 is 2.13 bits per heavy atom. The molecular formula is C14H21N5O4. The third-order valence-corrected chi connectivity index (χ3v) is 2.47. The number of hydrogen-bond donors (Lipinski definition) is 3. The van der Waals surface area contributed by atoms with Crippen LogP contribution in [-0.4, -0.2) is 29.2 Å². The van der Waals surface area contributed by atoms with Crippen LogP contribution >= 0.6 is 0 Å². The number of nitrogens with two attached hydrogens (primary N) is 1. The summed E-state index contributed by atoms with van der Waals surface area (Å²) in [5.41, 5.74) is 6.33. The van der Waals surface area contributed by atoms with Crippen molar-refractivity contribution in [1.29, 1.82) is 0 Å². The van der Waals surface area contributed by atoms with Crippen LogP contribution in [0.15, 0.2) is 29.4 Å². The van der Waals surface area contributed by atoms with Crippen LogP contribution in [0, 0.1) is 10.1 Å². The zero-order valence-electron chi connectivity index (χ0n) is 13.3. The molecular weight excluding hydrogens is 302 g/mol. The molecule has 0 unspecified atom stereocenters. The van der Waals surface area contributed by atoms with E-state index >= 15 is 0 Å². The fourth-order valence-corrected chi connectivity index (χ4v) is 1.69. The van der Waals surface area contributed by atoms with Crippen molar-refractivity contribution in [2.45, 2.75) is 32.8 Å². The lowest BCUT2D eigenvalue weighted by atomic mass is 10.1. The summed E-state index contributed by atoms with van der Waals surface area (Å²) in [7, 11) is 0. The lowest BCUT2D eigenvalue weighted by molar-refractivity contribution is -0.485. The van der Waals surface area contributed by atoms with Gasteiger partial charge in [0.15, 0.2) is 5.03 Å². The normalized spacial score (nSPS) is 11.7. The molecule has 0 bridgehead atoms. The van der Waals surface area contributed by atoms with Crippen molar-refractivity contribution in [1.82, 2.24) is 5.32 Å². The topological polar surface area (TPSA) is 132 Å². The summed E-state index contributed by atoms with van der Waals surface area (Å²) in [6.07, 6.45) is 0.0928. The van der Waals surface area contributed by atoms with Gasteiger partial charge in [0.05, 0.1) is 0 Å². The van der Waals surface area contributed by atoms with Gasteiger partial charge in [0, 0.05) is 12.2 Å². The molecule has 0 aliphatic carbocycles. The number of nitrogens with one attached hydrogen (secondary N) is 2. The van der Waals surface area contributed by atoms with E-state index in [-0.39, 0.29) is 5.96 Å². The van der Waals surface area contributed by atoms with Gasteiger partial charge in [0.1, 0.15) is 10.7 Å². The maximum Gasteiger partial charge on any atom is 0.407 e. The number of guanidine groups is 1. The standard InChI is InChI=1S/C14H21N5O4/c1-14(2,3)23-13(20)16-8-7-10-5-4-6-11(9-10)17-12(15)18-19(21)22/h4-6,9H,7-8H2,1-3H3,(H,16,20)(H3,15,17,18). The molecule has 9 nitrogen and oxygen atoms in total. The Kier molecular flexibility index (Phi) is 6.31. The SMILES string of the molecule is CC(C)(C)OC(=O)NCCc1cccc(NC(N)=N[N+](=O)[O-])c1. The molecule has 1 amide bonds. The first-order chi connectivity index (χ1) is 10.7. The van der Waals surface area contributed by atoms with Gasteiger partial charge >= 0.3 is 6.09 Å². The summed E-state index contributed by atoms with van der Waals surface area (Å²) in [6, 6.07) is 7.10. The van der Waals surface area contributed by atoms with Gasteiger partial charge in [-0.15, -0.1) is 0 Å². The van der Waals surface area contributed by atoms with Crippen LogP contribution in [0.4, 0.5) is 10.5 Å². The summed E-state index contributed by atoms with van der Waals surface area (Å²) >= 11 is 0. The molecule has 1 aromatic carbocycles. The molecule has 23 heavy (non-hydrogen) atoms. The molecule has 0 saturated heterocycles. The van der Waals surface area contributed by atoms with Crippen molar-refractivity contribution in [2.75, 3.05) is 11.9 Å². The second kappa shape index (κ2) is 7.97. The lowest BCUT2D eigenvalue weighted by Gasteiger charge is -2.19. The molecule has 0 spiro atoms. The number of benzene rings is 1. The predicted octanol–water partition coefficient (Wildman–Crippen LogP) is 1.67. The molecule has 1 rings (SSSR count). The first kappa shape index (κ1) is 18.2. The molecule has 0 aromatic heterocycles. The zero-order valence-corrected chi connectivity index (χ0v) is 13.3. The van der Waals surface area contributed by atoms with Crippen LogP contribution in [0.2, 0.25) is 0 Å². The Labute approximate surface area is 134 Å². The van der Waals surface area contributed by atoms with E-state index in [0.717, 1.165) is 5.56 Å². The second-order valence-corrected chi connectivity index (χ2v) is 5.73. The van der Waals surface area contributed by atoms with Crippen molar-refractivity contribution in [3.05, 3.63) is 39.9 Å². The van der Waals surface area contributed by atoms with Gasteiger partial charge in [-0.25, -0.2) is 14.9 Å². The number of hydrazone groups is 1. The van der Waals surface area contributed by atoms with E-state index < -0.39 is 16.7 Å². The van der Waals surface area contributed by atoms with E-state index in [9.17, 15) is 14.9 Å². The first-order valence-corrected chi connectivity index (χ1v) is 6.97. The molecule has 1 aromatic rings. The highest BCUT2D eigenvalue weighted by molar-refractivity contribution is 5.91. The number of nitrogens with zero attached hydrogens (tertiary/aromatic N) is 2. The third kappa shape index (κ3) is 8.24. The lowest BCUT2D eigenvalue weighted by Crippen LogP contribution is -2.33. The highest BCUT2D eigenvalue weighted by Gasteiger charge is 2.15. The van der Waals surface area contributed by atoms with Crippen molar-refractivity contribution >= 4 is 17.7 Å². The minimum absolute atomic E-state index is 0.306. The Morgan fingerprint density at radius 3 is 2.74 bits per heavy atom. The van der Waals surface area contributed by atoms with E-state index in [1.807, 2.05) is 6.07 Å². The molecule has 4 N–H and O–H groups in total. The van der Waals surface area contributed by atoms with E-state index in [1.165, 1.54) is 0 Å². The smallest absolute Gasteiger partial charge is 0.407 e. The number of ether oxygens (including phenoxy) is 1. The molecule has 126 valence electrons. The monoisotopic (exact) mass is 323 g/mol. The van der Waals surface area contributed by atoms with Crippen LogP contribution < -0.4 is 16.4 Å². The van der Waals surface area contributed by atoms with Gasteiger partial charge in [-0.05, 0) is 44.9 Å². The number of rotatable bonds is 5. The third-order valence-electron chi connectivity index (χ3n) is 2.47. The minimum Gasteiger partial charge on any atom is -0.444 e. The van der Waals surface area contributed by atoms with Crippen molar-refractivity contribution < 1.29 is 14.6 Å². The predicted molar refractivity (Wildman–Crippen MR) is 86.6 cm³/mol. The molecule has 0 heterocycles. The van der Waals surface area contributed by atoms with Gasteiger partial charge in [-0.2, -0.15) is 0 Å². The molecule has 0 atom stereocenters. The van der Waals surface area contributed by atoms with E-state index in [0.29, 0.717) is 18.7 Å². The van der Waals surface area contributed by atoms with Crippen LogP contribution in [0.3, 0.4) is 0 Å². The van der Waals surface area contributed by atoms with E-state index in [1.54, 1.807) is 39.0 Å². The van der Waals surface area contributed by atoms with Crippen molar-refractivity contribution in [3.8, 4) is 0 Å². The van der Waals surface area contributed by atoms with Gasteiger partial charge in [-0.3, -0.25) is 0 Å². The van der Waals surface area contributed by atoms with Crippen LogP contribution in [-0.2, 0) is 11.2 Å². The van der Waals surface area contributed by atoms with Crippen LogP contribution in [0.5, 0.6) is 0 Å². The van der Waals surface area contributed by atoms with Gasteiger partial charge in [0.25, 0.3) is 5.96 Å². The number of carbonyl (C=O) groups is 1. The highest BCUT2D eigenvalue weighted by Crippen LogP contribution is 2.11. The average Bonchev–Trinajstić information content (AvgIpc) is 2.35. The largest absolute Gasteiger partial charge is 0.444 e. The number of hydrogen-bond acceptors (Lipinski definition) is 4. The summed E-state index contributed by atoms with van der Waals surface area (Å²) in [5.74, 6) is -0.306. The molecule has 9 heteroatoms. The Hall–Kier alpha value is -2.84. The highest BCUT2D eigenvalue weighted by atomic mass is 16.7. The Balaban J connectivity index is 2.51. The fourth-order valence-electron chi connectivity index (χ4n) is 1.69. The van der Waals surface area contributed by atoms with Gasteiger partial charge in [0.2, 0.25) is 0 Å². The van der Waals surface area contributed by atoms with E-state index in [2.05, 4.69) is 15.7 Å². The quantitative estimate of drug-likeness (QED) is 0.327. The number of nitro groups is 1. The van der Waals surface area contributed by atoms with Gasteiger partial charge in [-0.1, -0.05) is 12.1 Å². The second-order valence-electron chi connectivity index (χ2n) is 5.73. The molecule has 0 radical (unpaired) electrons. The summed E-state index contributed by atoms with van der Waals surface area (Å²) < 4.78 is 5.13. The van der Waals surface area contributed by atoms with Crippen molar-refractivity contribution in [2.24, 2.45) is 10.8 Å². The average molecular weight is 323 g/mol. The summed E-state index contributed by atoms with van der Waals surface area (Å²) in [6.45, 7) is 5.77. The number of anilines is 1. The number of carbonyl (C=O) groups excluding carboxylic acids is 1. The molecule has 0 aliphatic heterocycles. The summed E-state index contributed by atoms with van der Waals surface area (Å²) in [4.78, 5) is 21.7. The van der Waals surface area contributed by atoms with E-state index in [4.69, 9.17) is 10.5 Å². The maximum atomic E-state index is 11.5. The zero-order chi connectivity index (χ0) is 17.5.